The van der Waals surface area contributed by atoms with E-state index in [1.807, 2.05) is 32.0 Å². The predicted octanol–water partition coefficient (Wildman–Crippen LogP) is 3.57. The molecule has 6 rings (SSSR count). The summed E-state index contributed by atoms with van der Waals surface area (Å²) >= 11 is 1.02. The third-order valence-electron chi connectivity index (χ3n) is 8.52. The van der Waals surface area contributed by atoms with Crippen LogP contribution in [0.3, 0.4) is 0 Å². The molecule has 0 bridgehead atoms. The van der Waals surface area contributed by atoms with Gasteiger partial charge in [0.25, 0.3) is 0 Å². The van der Waals surface area contributed by atoms with Gasteiger partial charge in [-0.3, -0.25) is 4.79 Å². The Morgan fingerprint density at radius 2 is 1.15 bits per heavy atom. The fourth-order valence-electron chi connectivity index (χ4n) is 5.86. The minimum Gasteiger partial charge on any atom is -0.744 e. The van der Waals surface area contributed by atoms with Gasteiger partial charge in [-0.2, -0.15) is 10.5 Å². The second-order valence-corrected chi connectivity index (χ2v) is 16.8. The molecule has 4 aromatic carbocycles. The van der Waals surface area contributed by atoms with Gasteiger partial charge in [0.15, 0.2) is 16.6 Å². The van der Waals surface area contributed by atoms with Gasteiger partial charge >= 0.3 is 37.7 Å². The summed E-state index contributed by atoms with van der Waals surface area (Å²) in [4.78, 5) is 15.3. The molecule has 302 valence electrons. The molecule has 6 aromatic rings. The molecule has 0 saturated carbocycles. The van der Waals surface area contributed by atoms with Gasteiger partial charge in [-0.1, -0.05) is 29.5 Å². The molecule has 17 nitrogen and oxygen atoms in total. The SMILES string of the molecule is CC(=O)Nc1ccc(-c2c(N=Nc3cc(C)cc(C)c3)sc(N=Nc3c(Nc4ccc(S(=O)(=O)[O-])cc4)nc(Nc4ccc(S(=O)(=O)[O-])cc4)c(C#N)c3C)c2C#N)cc1.[Li+].[Li+]. The first-order valence-corrected chi connectivity index (χ1v) is 21.0. The first-order valence-electron chi connectivity index (χ1n) is 17.4. The zero-order valence-corrected chi connectivity index (χ0v) is 36.3. The Bertz CT molecular complexity index is 3020. The Morgan fingerprint density at radius 1 is 0.661 bits per heavy atom. The Kier molecular flexibility index (Phi) is 15.9. The number of aryl methyl sites for hydroxylation is 2. The number of benzene rings is 4. The molecular formula is C40H30Li2N10O7S3. The standard InChI is InChI=1S/C40H32N10O7S3.2Li/c1-22-17-23(2)19-30(18-22)47-50-40-35(26-5-7-27(8-6-26)43-25(4)51)34(21-42)39(58-40)49-48-36-24(3)33(20-41)37(44-28-9-13-31(14-10-28)59(52,53)54)46-38(36)45-29-11-15-32(16-12-29)60(55,56)57;;/h5-19H,1-4H3,(H,43,51)(H2,44,45,46)(H,52,53,54)(H,55,56,57);;/q;2*+1/p-2. The number of carbonyl (C=O) groups excluding carboxylic acids is 1. The van der Waals surface area contributed by atoms with Crippen molar-refractivity contribution < 1.29 is 68.5 Å². The molecule has 0 radical (unpaired) electrons. The van der Waals surface area contributed by atoms with E-state index in [0.29, 0.717) is 27.5 Å². The number of carbonyl (C=O) groups is 1. The Labute approximate surface area is 384 Å². The molecule has 0 spiro atoms. The normalized spacial score (nSPS) is 11.3. The number of rotatable bonds is 12. The van der Waals surface area contributed by atoms with E-state index < -0.39 is 30.0 Å². The van der Waals surface area contributed by atoms with Crippen molar-refractivity contribution >= 4 is 87.6 Å². The van der Waals surface area contributed by atoms with Crippen LogP contribution < -0.4 is 53.7 Å². The number of amides is 1. The van der Waals surface area contributed by atoms with E-state index in [0.717, 1.165) is 46.7 Å². The van der Waals surface area contributed by atoms with E-state index in [2.05, 4.69) is 53.5 Å². The van der Waals surface area contributed by atoms with Gasteiger partial charge < -0.3 is 25.1 Å². The number of anilines is 5. The number of aromatic nitrogens is 1. The third-order valence-corrected chi connectivity index (χ3v) is 11.2. The van der Waals surface area contributed by atoms with E-state index in [-0.39, 0.29) is 94.0 Å². The van der Waals surface area contributed by atoms with Crippen molar-refractivity contribution in [3.8, 4) is 23.3 Å². The van der Waals surface area contributed by atoms with Crippen molar-refractivity contribution in [3.63, 3.8) is 0 Å². The van der Waals surface area contributed by atoms with Crippen molar-refractivity contribution in [1.82, 2.24) is 4.98 Å². The molecule has 0 aliphatic rings. The minimum atomic E-state index is -4.76. The topological polar surface area (TPSA) is 277 Å². The molecule has 0 aliphatic carbocycles. The van der Waals surface area contributed by atoms with Crippen LogP contribution in [-0.2, 0) is 25.0 Å². The molecule has 0 aliphatic heterocycles. The zero-order chi connectivity index (χ0) is 43.4. The molecule has 1 amide bonds. The average Bonchev–Trinajstić information content (AvgIpc) is 3.53. The summed E-state index contributed by atoms with van der Waals surface area (Å²) in [6.07, 6.45) is 0. The molecule has 0 unspecified atom stereocenters. The Hall–Kier alpha value is -6.01. The summed E-state index contributed by atoms with van der Waals surface area (Å²) in [5.41, 5.74) is 4.93. The van der Waals surface area contributed by atoms with Crippen molar-refractivity contribution in [2.75, 3.05) is 16.0 Å². The maximum absolute atomic E-state index is 11.7. The van der Waals surface area contributed by atoms with Crippen LogP contribution in [0.2, 0.25) is 0 Å². The Balaban J connectivity index is 0.00000422. The Morgan fingerprint density at radius 3 is 1.63 bits per heavy atom. The van der Waals surface area contributed by atoms with Crippen molar-refractivity contribution in [2.45, 2.75) is 37.5 Å². The minimum absolute atomic E-state index is 0. The van der Waals surface area contributed by atoms with E-state index in [9.17, 15) is 41.3 Å². The van der Waals surface area contributed by atoms with Crippen molar-refractivity contribution in [2.24, 2.45) is 20.5 Å². The molecule has 3 N–H and O–H groups in total. The number of pyridine rings is 1. The summed E-state index contributed by atoms with van der Waals surface area (Å²) in [6.45, 7) is 6.81. The maximum Gasteiger partial charge on any atom is 1.00 e. The van der Waals surface area contributed by atoms with Gasteiger partial charge in [0.05, 0.1) is 21.0 Å². The van der Waals surface area contributed by atoms with Gasteiger partial charge in [-0.15, -0.1) is 20.5 Å². The van der Waals surface area contributed by atoms with Crippen LogP contribution >= 0.6 is 11.3 Å². The number of azo groups is 2. The molecule has 62 heavy (non-hydrogen) atoms. The van der Waals surface area contributed by atoms with E-state index >= 15 is 0 Å². The van der Waals surface area contributed by atoms with Crippen LogP contribution in [0, 0.1) is 43.4 Å². The summed E-state index contributed by atoms with van der Waals surface area (Å²) in [5, 5.41) is 47.9. The van der Waals surface area contributed by atoms with E-state index in [4.69, 9.17) is 0 Å². The summed E-state index contributed by atoms with van der Waals surface area (Å²) in [6, 6.07) is 26.4. The number of thiophene rings is 1. The number of nitriles is 2. The molecule has 0 saturated heterocycles. The monoisotopic (exact) mass is 872 g/mol. The second kappa shape index (κ2) is 20.2. The van der Waals surface area contributed by atoms with Gasteiger partial charge in [-0.25, -0.2) is 21.8 Å². The smallest absolute Gasteiger partial charge is 0.744 e. The van der Waals surface area contributed by atoms with Gasteiger partial charge in [0, 0.05) is 35.1 Å². The number of hydrogen-bond acceptors (Lipinski definition) is 17. The molecule has 22 heteroatoms. The molecular weight excluding hydrogens is 843 g/mol. The summed E-state index contributed by atoms with van der Waals surface area (Å²) < 4.78 is 69.2. The van der Waals surface area contributed by atoms with E-state index in [1.54, 1.807) is 31.2 Å². The third kappa shape index (κ3) is 11.7. The van der Waals surface area contributed by atoms with Gasteiger partial charge in [0.1, 0.15) is 48.6 Å². The average molecular weight is 873 g/mol. The fraction of sp³-hybridized carbons (Fsp3) is 0.100. The van der Waals surface area contributed by atoms with Crippen LogP contribution in [0.4, 0.5) is 50.1 Å². The fourth-order valence-corrected chi connectivity index (χ4v) is 7.72. The largest absolute Gasteiger partial charge is 1.00 e. The van der Waals surface area contributed by atoms with Crippen LogP contribution in [0.5, 0.6) is 0 Å². The number of nitrogens with one attached hydrogen (secondary N) is 3. The maximum atomic E-state index is 11.7. The van der Waals surface area contributed by atoms with Crippen LogP contribution in [0.15, 0.2) is 121 Å². The quantitative estimate of drug-likeness (QED) is 0.0905. The number of nitrogens with zero attached hydrogens (tertiary/aromatic N) is 7. The molecule has 0 fully saturated rings. The van der Waals surface area contributed by atoms with Crippen molar-refractivity contribution in [1.29, 1.82) is 10.5 Å². The molecule has 0 atom stereocenters. The first-order chi connectivity index (χ1) is 28.4. The van der Waals surface area contributed by atoms with Crippen LogP contribution in [0.1, 0.15) is 34.7 Å². The summed E-state index contributed by atoms with van der Waals surface area (Å²) in [7, 11) is -9.48. The zero-order valence-electron chi connectivity index (χ0n) is 33.9. The van der Waals surface area contributed by atoms with Crippen molar-refractivity contribution in [3.05, 3.63) is 119 Å². The van der Waals surface area contributed by atoms with Gasteiger partial charge in [-0.05, 0) is 110 Å². The predicted molar refractivity (Wildman–Crippen MR) is 222 cm³/mol. The first kappa shape index (κ1) is 48.7. The van der Waals surface area contributed by atoms with E-state index in [1.165, 1.54) is 31.2 Å². The van der Waals surface area contributed by atoms with Crippen LogP contribution in [0.25, 0.3) is 11.1 Å². The summed E-state index contributed by atoms with van der Waals surface area (Å²) in [5.74, 6) is -0.281. The molecule has 2 aromatic heterocycles. The second-order valence-electron chi connectivity index (χ2n) is 13.1. The molecule has 2 heterocycles. The van der Waals surface area contributed by atoms with Crippen LogP contribution in [-0.4, -0.2) is 36.8 Å². The van der Waals surface area contributed by atoms with Gasteiger partial charge in [0.2, 0.25) is 5.91 Å². The number of hydrogen-bond donors (Lipinski definition) is 3.